The van der Waals surface area contributed by atoms with Crippen molar-refractivity contribution in [2.45, 2.75) is 33.2 Å². The van der Waals surface area contributed by atoms with E-state index < -0.39 is 0 Å². The summed E-state index contributed by atoms with van der Waals surface area (Å²) in [5.41, 5.74) is 7.44. The molecule has 1 unspecified atom stereocenters. The van der Waals surface area contributed by atoms with Gasteiger partial charge >= 0.3 is 0 Å². The fraction of sp³-hybridized carbons (Fsp3) is 0.333. The molecule has 2 rings (SSSR count). The van der Waals surface area contributed by atoms with Gasteiger partial charge in [0.05, 0.1) is 6.04 Å². The molecule has 0 aliphatic rings. The van der Waals surface area contributed by atoms with Gasteiger partial charge in [-0.2, -0.15) is 0 Å². The highest BCUT2D eigenvalue weighted by Crippen LogP contribution is 2.30. The second-order valence-electron chi connectivity index (χ2n) is 5.92. The predicted molar refractivity (Wildman–Crippen MR) is 90.3 cm³/mol. The van der Waals surface area contributed by atoms with E-state index in [0.717, 1.165) is 28.1 Å². The molecule has 21 heavy (non-hydrogen) atoms. The summed E-state index contributed by atoms with van der Waals surface area (Å²) >= 11 is 6.45. The van der Waals surface area contributed by atoms with Gasteiger partial charge in [-0.25, -0.2) is 5.43 Å². The number of benzene rings is 2. The maximum Gasteiger partial charge on any atom is 0.0724 e. The molecule has 3 N–H and O–H groups in total. The van der Waals surface area contributed by atoms with Crippen LogP contribution in [0.4, 0.5) is 0 Å². The van der Waals surface area contributed by atoms with Gasteiger partial charge in [0.2, 0.25) is 0 Å². The zero-order chi connectivity index (χ0) is 15.4. The zero-order valence-corrected chi connectivity index (χ0v) is 13.6. The Bertz CT molecular complexity index is 608. The van der Waals surface area contributed by atoms with Crippen molar-refractivity contribution < 1.29 is 0 Å². The number of halogens is 1. The van der Waals surface area contributed by atoms with Crippen molar-refractivity contribution in [1.82, 2.24) is 5.43 Å². The third kappa shape index (κ3) is 3.85. The van der Waals surface area contributed by atoms with Gasteiger partial charge in [-0.15, -0.1) is 0 Å². The van der Waals surface area contributed by atoms with Gasteiger partial charge in [-0.3, -0.25) is 5.84 Å². The lowest BCUT2D eigenvalue weighted by atomic mass is 9.94. The van der Waals surface area contributed by atoms with E-state index in [9.17, 15) is 0 Å². The summed E-state index contributed by atoms with van der Waals surface area (Å²) in [5, 5.41) is 0.773. The van der Waals surface area contributed by atoms with E-state index in [-0.39, 0.29) is 6.04 Å². The molecule has 0 spiro atoms. The highest BCUT2D eigenvalue weighted by atomic mass is 35.5. The third-order valence-electron chi connectivity index (χ3n) is 3.63. The van der Waals surface area contributed by atoms with Crippen LogP contribution in [0.5, 0.6) is 0 Å². The molecule has 0 aromatic heterocycles. The van der Waals surface area contributed by atoms with Crippen LogP contribution in [0.15, 0.2) is 42.5 Å². The van der Waals surface area contributed by atoms with Crippen LogP contribution in [-0.4, -0.2) is 0 Å². The zero-order valence-electron chi connectivity index (χ0n) is 12.9. The maximum absolute atomic E-state index is 6.45. The molecule has 0 amide bonds. The first kappa shape index (κ1) is 16.0. The molecule has 0 radical (unpaired) electrons. The average Bonchev–Trinajstić information content (AvgIpc) is 2.44. The minimum absolute atomic E-state index is 0.0930. The van der Waals surface area contributed by atoms with Crippen LogP contribution in [0.1, 0.15) is 42.1 Å². The van der Waals surface area contributed by atoms with Gasteiger partial charge < -0.3 is 0 Å². The van der Waals surface area contributed by atoms with Gasteiger partial charge in [0.25, 0.3) is 0 Å². The van der Waals surface area contributed by atoms with Crippen molar-refractivity contribution in [1.29, 1.82) is 0 Å². The number of hydrogen-bond acceptors (Lipinski definition) is 2. The van der Waals surface area contributed by atoms with E-state index in [2.05, 4.69) is 43.5 Å². The Morgan fingerprint density at radius 3 is 2.52 bits per heavy atom. The summed E-state index contributed by atoms with van der Waals surface area (Å²) in [6, 6.07) is 14.5. The Labute approximate surface area is 132 Å². The molecular weight excluding hydrogens is 280 g/mol. The highest BCUT2D eigenvalue weighted by Gasteiger charge is 2.16. The first-order valence-electron chi connectivity index (χ1n) is 7.33. The van der Waals surface area contributed by atoms with E-state index in [0.29, 0.717) is 5.92 Å². The number of hydrazine groups is 1. The quantitative estimate of drug-likeness (QED) is 0.634. The standard InChI is InChI=1S/C18H23ClN2/c1-12(2)10-14-7-5-8-15(11-14)18(21-20)16-9-4-6-13(3)17(16)19/h4-9,11-12,18,21H,10,20H2,1-3H3. The molecule has 0 bridgehead atoms. The van der Waals surface area contributed by atoms with E-state index >= 15 is 0 Å². The maximum atomic E-state index is 6.45. The third-order valence-corrected chi connectivity index (χ3v) is 4.14. The molecule has 3 heteroatoms. The van der Waals surface area contributed by atoms with Crippen LogP contribution in [0.25, 0.3) is 0 Å². The molecule has 0 aliphatic heterocycles. The fourth-order valence-corrected chi connectivity index (χ4v) is 2.86. The van der Waals surface area contributed by atoms with Gasteiger partial charge in [-0.05, 0) is 41.5 Å². The van der Waals surface area contributed by atoms with Crippen LogP contribution in [0.3, 0.4) is 0 Å². The first-order chi connectivity index (χ1) is 10.0. The largest absolute Gasteiger partial charge is 0.271 e. The summed E-state index contributed by atoms with van der Waals surface area (Å²) in [6.07, 6.45) is 1.06. The number of aryl methyl sites for hydroxylation is 1. The number of nitrogens with one attached hydrogen (secondary N) is 1. The van der Waals surface area contributed by atoms with E-state index in [1.807, 2.05) is 25.1 Å². The van der Waals surface area contributed by atoms with Crippen molar-refractivity contribution in [3.05, 3.63) is 69.7 Å². The molecule has 2 nitrogen and oxygen atoms in total. The fourth-order valence-electron chi connectivity index (χ4n) is 2.63. The molecule has 0 aliphatic carbocycles. The van der Waals surface area contributed by atoms with Crippen molar-refractivity contribution in [3.63, 3.8) is 0 Å². The Kier molecular flexibility index (Phi) is 5.40. The van der Waals surface area contributed by atoms with Crippen LogP contribution in [0, 0.1) is 12.8 Å². The molecule has 1 atom stereocenters. The molecule has 112 valence electrons. The minimum Gasteiger partial charge on any atom is -0.271 e. The second-order valence-corrected chi connectivity index (χ2v) is 6.30. The number of hydrogen-bond donors (Lipinski definition) is 2. The summed E-state index contributed by atoms with van der Waals surface area (Å²) in [6.45, 7) is 6.46. The minimum atomic E-state index is -0.0930. The van der Waals surface area contributed by atoms with Crippen molar-refractivity contribution >= 4 is 11.6 Å². The Balaban J connectivity index is 2.39. The Morgan fingerprint density at radius 1 is 1.14 bits per heavy atom. The molecule has 0 saturated heterocycles. The van der Waals surface area contributed by atoms with Crippen molar-refractivity contribution in [3.8, 4) is 0 Å². The van der Waals surface area contributed by atoms with Crippen LogP contribution >= 0.6 is 11.6 Å². The van der Waals surface area contributed by atoms with Gasteiger partial charge in [0.15, 0.2) is 0 Å². The highest BCUT2D eigenvalue weighted by molar-refractivity contribution is 6.32. The SMILES string of the molecule is Cc1cccc(C(NN)c2cccc(CC(C)C)c2)c1Cl. The van der Waals surface area contributed by atoms with Crippen molar-refractivity contribution in [2.24, 2.45) is 11.8 Å². The van der Waals surface area contributed by atoms with Crippen LogP contribution in [-0.2, 0) is 6.42 Å². The Hall–Kier alpha value is -1.35. The van der Waals surface area contributed by atoms with Crippen LogP contribution < -0.4 is 11.3 Å². The van der Waals surface area contributed by atoms with Crippen LogP contribution in [0.2, 0.25) is 5.02 Å². The lowest BCUT2D eigenvalue weighted by Crippen LogP contribution is -2.29. The number of nitrogens with two attached hydrogens (primary N) is 1. The smallest absolute Gasteiger partial charge is 0.0724 e. The van der Waals surface area contributed by atoms with E-state index in [1.165, 1.54) is 5.56 Å². The predicted octanol–water partition coefficient (Wildman–Crippen LogP) is 4.40. The summed E-state index contributed by atoms with van der Waals surface area (Å²) in [5.74, 6) is 6.43. The molecule has 0 heterocycles. The van der Waals surface area contributed by atoms with Crippen molar-refractivity contribution in [2.75, 3.05) is 0 Å². The molecule has 0 fully saturated rings. The Morgan fingerprint density at radius 2 is 1.86 bits per heavy atom. The van der Waals surface area contributed by atoms with Gasteiger partial charge in [0.1, 0.15) is 0 Å². The molecule has 2 aromatic carbocycles. The molecular formula is C18H23ClN2. The normalized spacial score (nSPS) is 12.7. The van der Waals surface area contributed by atoms with E-state index in [4.69, 9.17) is 17.4 Å². The number of rotatable bonds is 5. The van der Waals surface area contributed by atoms with Gasteiger partial charge in [-0.1, -0.05) is 67.9 Å². The lowest BCUT2D eigenvalue weighted by Gasteiger charge is -2.20. The van der Waals surface area contributed by atoms with E-state index in [1.54, 1.807) is 0 Å². The lowest BCUT2D eigenvalue weighted by molar-refractivity contribution is 0.627. The second kappa shape index (κ2) is 7.08. The first-order valence-corrected chi connectivity index (χ1v) is 7.70. The summed E-state index contributed by atoms with van der Waals surface area (Å²) < 4.78 is 0. The monoisotopic (exact) mass is 302 g/mol. The molecule has 0 saturated carbocycles. The summed E-state index contributed by atoms with van der Waals surface area (Å²) in [4.78, 5) is 0. The van der Waals surface area contributed by atoms with Gasteiger partial charge in [0, 0.05) is 5.02 Å². The summed E-state index contributed by atoms with van der Waals surface area (Å²) in [7, 11) is 0. The molecule has 2 aromatic rings. The average molecular weight is 303 g/mol. The topological polar surface area (TPSA) is 38.0 Å².